The summed E-state index contributed by atoms with van der Waals surface area (Å²) < 4.78 is 50.5. The van der Waals surface area contributed by atoms with Gasteiger partial charge in [0.25, 0.3) is 5.91 Å². The smallest absolute Gasteiger partial charge is 0.433 e. The van der Waals surface area contributed by atoms with Crippen molar-refractivity contribution in [1.29, 1.82) is 0 Å². The molecule has 0 aromatic carbocycles. The Balaban J connectivity index is 1.49. The van der Waals surface area contributed by atoms with E-state index >= 15 is 0 Å². The first-order valence-electron chi connectivity index (χ1n) is 13.5. The van der Waals surface area contributed by atoms with E-state index in [-0.39, 0.29) is 53.4 Å². The molecule has 3 atom stereocenters. The summed E-state index contributed by atoms with van der Waals surface area (Å²) in [5, 5.41) is 13.3. The molecule has 3 fully saturated rings. The third kappa shape index (κ3) is 5.83. The predicted octanol–water partition coefficient (Wildman–Crippen LogP) is 5.70. The van der Waals surface area contributed by atoms with Crippen LogP contribution >= 0.6 is 23.2 Å². The van der Waals surface area contributed by atoms with Crippen molar-refractivity contribution in [2.75, 3.05) is 13.1 Å². The van der Waals surface area contributed by atoms with E-state index in [1.54, 1.807) is 6.92 Å². The lowest BCUT2D eigenvalue weighted by Crippen LogP contribution is -2.47. The highest BCUT2D eigenvalue weighted by atomic mass is 35.5. The number of carboxylic acids is 1. The van der Waals surface area contributed by atoms with Gasteiger partial charge < -0.3 is 14.7 Å². The fourth-order valence-corrected chi connectivity index (χ4v) is 7.16. The van der Waals surface area contributed by atoms with Gasteiger partial charge in [0, 0.05) is 12.4 Å². The van der Waals surface area contributed by atoms with Crippen molar-refractivity contribution in [1.82, 2.24) is 19.7 Å². The second-order valence-corrected chi connectivity index (χ2v) is 12.1. The van der Waals surface area contributed by atoms with Gasteiger partial charge in [0.05, 0.1) is 64.1 Å². The molecule has 0 unspecified atom stereocenters. The van der Waals surface area contributed by atoms with Gasteiger partial charge in [-0.1, -0.05) is 30.1 Å². The zero-order chi connectivity index (χ0) is 29.7. The number of carbonyl (C=O) groups is 3. The first-order valence-corrected chi connectivity index (χ1v) is 14.2. The molecule has 2 bridgehead atoms. The van der Waals surface area contributed by atoms with Crippen molar-refractivity contribution >= 4 is 40.9 Å². The molecule has 1 saturated carbocycles. The van der Waals surface area contributed by atoms with Gasteiger partial charge in [0.15, 0.2) is 11.5 Å². The van der Waals surface area contributed by atoms with Crippen LogP contribution in [0.1, 0.15) is 84.3 Å². The summed E-state index contributed by atoms with van der Waals surface area (Å²) in [6, 6.07) is -0.740. The molecule has 0 spiro atoms. The molecule has 2 aromatic heterocycles. The van der Waals surface area contributed by atoms with E-state index in [1.165, 1.54) is 12.4 Å². The number of rotatable bonds is 8. The quantitative estimate of drug-likeness (QED) is 0.378. The van der Waals surface area contributed by atoms with Crippen molar-refractivity contribution in [3.8, 4) is 0 Å². The summed E-state index contributed by atoms with van der Waals surface area (Å²) in [6.45, 7) is 1.02. The molecule has 222 valence electrons. The SMILES string of the molecule is C[C@@H]1C[C@H](n2ncc(C(=O)N(CC(=O)c3c(Cl)cncc3Cl)C[C@]34CC[C@H](CC3)O4)c2C(F)(F)F)CC[C@H]1C(=O)O. The summed E-state index contributed by atoms with van der Waals surface area (Å²) in [6.07, 6.45) is 1.68. The molecule has 14 heteroatoms. The van der Waals surface area contributed by atoms with Crippen LogP contribution in [0.5, 0.6) is 0 Å². The fraction of sp³-hybridized carbons (Fsp3) is 0.593. The van der Waals surface area contributed by atoms with Gasteiger partial charge in [-0.05, 0) is 50.9 Å². The van der Waals surface area contributed by atoms with Gasteiger partial charge in [-0.15, -0.1) is 0 Å². The van der Waals surface area contributed by atoms with E-state index in [0.29, 0.717) is 12.8 Å². The van der Waals surface area contributed by atoms with E-state index < -0.39 is 59.2 Å². The zero-order valence-corrected chi connectivity index (χ0v) is 23.7. The van der Waals surface area contributed by atoms with Crippen molar-refractivity contribution < 1.29 is 37.4 Å². The van der Waals surface area contributed by atoms with E-state index in [1.807, 2.05) is 0 Å². The second kappa shape index (κ2) is 11.2. The molecule has 2 saturated heterocycles. The van der Waals surface area contributed by atoms with Crippen LogP contribution in [-0.4, -0.2) is 67.2 Å². The molecule has 41 heavy (non-hydrogen) atoms. The Kier molecular flexibility index (Phi) is 8.12. The number of ketones is 1. The lowest BCUT2D eigenvalue weighted by molar-refractivity contribution is -0.149. The van der Waals surface area contributed by atoms with Crippen LogP contribution in [-0.2, 0) is 15.7 Å². The Labute approximate surface area is 243 Å². The molecular weight excluding hydrogens is 588 g/mol. The summed E-state index contributed by atoms with van der Waals surface area (Å²) in [5.74, 6) is -3.69. The molecule has 4 heterocycles. The number of aliphatic carboxylic acids is 1. The molecule has 9 nitrogen and oxygen atoms in total. The highest BCUT2D eigenvalue weighted by Crippen LogP contribution is 2.45. The van der Waals surface area contributed by atoms with Gasteiger partial charge in [0.2, 0.25) is 0 Å². The monoisotopic (exact) mass is 616 g/mol. The number of fused-ring (bicyclic) bond motifs is 2. The Hall–Kier alpha value is -2.70. The Morgan fingerprint density at radius 2 is 1.78 bits per heavy atom. The minimum absolute atomic E-state index is 0.0168. The summed E-state index contributed by atoms with van der Waals surface area (Å²) in [5.41, 5.74) is -2.74. The van der Waals surface area contributed by atoms with Crippen LogP contribution < -0.4 is 0 Å². The largest absolute Gasteiger partial charge is 0.481 e. The van der Waals surface area contributed by atoms with Crippen LogP contribution in [0.3, 0.4) is 0 Å². The van der Waals surface area contributed by atoms with Gasteiger partial charge in [-0.3, -0.25) is 24.0 Å². The Morgan fingerprint density at radius 1 is 1.12 bits per heavy atom. The van der Waals surface area contributed by atoms with Crippen LogP contribution in [0.2, 0.25) is 10.0 Å². The number of Topliss-reactive ketones (excluding diaryl/α,β-unsaturated/α-hetero) is 1. The topological polar surface area (TPSA) is 115 Å². The maximum atomic E-state index is 14.6. The van der Waals surface area contributed by atoms with Crippen molar-refractivity contribution in [2.24, 2.45) is 11.8 Å². The molecule has 3 aliphatic rings. The number of pyridine rings is 1. The van der Waals surface area contributed by atoms with E-state index in [2.05, 4.69) is 10.1 Å². The zero-order valence-electron chi connectivity index (χ0n) is 22.2. The normalized spacial score (nSPS) is 27.7. The number of nitrogens with zero attached hydrogens (tertiary/aromatic N) is 4. The van der Waals surface area contributed by atoms with Crippen molar-refractivity contribution in [2.45, 2.75) is 75.8 Å². The Morgan fingerprint density at radius 3 is 2.32 bits per heavy atom. The molecule has 1 N–H and O–H groups in total. The number of hydrogen-bond donors (Lipinski definition) is 1. The lowest BCUT2D eigenvalue weighted by Gasteiger charge is -2.34. The molecule has 1 amide bonds. The molecule has 0 radical (unpaired) electrons. The van der Waals surface area contributed by atoms with Crippen LogP contribution in [0.15, 0.2) is 18.6 Å². The number of aromatic nitrogens is 3. The number of hydrogen-bond acceptors (Lipinski definition) is 6. The van der Waals surface area contributed by atoms with E-state index in [9.17, 15) is 32.7 Å². The summed E-state index contributed by atoms with van der Waals surface area (Å²) in [4.78, 5) is 43.7. The highest BCUT2D eigenvalue weighted by molar-refractivity contribution is 6.39. The van der Waals surface area contributed by atoms with E-state index in [0.717, 1.165) is 28.6 Å². The maximum absolute atomic E-state index is 14.6. The molecule has 2 aromatic rings. The number of carboxylic acid groups (broad SMARTS) is 1. The van der Waals surface area contributed by atoms with Gasteiger partial charge in [0.1, 0.15) is 0 Å². The number of alkyl halides is 3. The summed E-state index contributed by atoms with van der Waals surface area (Å²) in [7, 11) is 0. The van der Waals surface area contributed by atoms with Crippen LogP contribution in [0.25, 0.3) is 0 Å². The number of ether oxygens (including phenoxy) is 1. The fourth-order valence-electron chi connectivity index (χ4n) is 6.58. The lowest BCUT2D eigenvalue weighted by atomic mass is 9.78. The maximum Gasteiger partial charge on any atom is 0.433 e. The minimum atomic E-state index is -4.94. The van der Waals surface area contributed by atoms with Crippen LogP contribution in [0.4, 0.5) is 13.2 Å². The first-order chi connectivity index (χ1) is 19.3. The molecule has 1 aliphatic carbocycles. The first kappa shape index (κ1) is 29.8. The molecular formula is C27H29Cl2F3N4O5. The summed E-state index contributed by atoms with van der Waals surface area (Å²) >= 11 is 12.3. The highest BCUT2D eigenvalue weighted by Gasteiger charge is 2.49. The predicted molar refractivity (Wildman–Crippen MR) is 141 cm³/mol. The average Bonchev–Trinajstić information content (AvgIpc) is 3.62. The standard InChI is InChI=1S/C27H29Cl2F3N4O5/c1-14-8-15(2-3-17(14)25(39)40)36-23(27(30,31)32)18(9-34-36)24(38)35(13-26-6-4-16(41-26)5-7-26)12-21(37)22-19(28)10-33-11-20(22)29/h9-11,14-17H,2-8,12-13H2,1H3,(H,39,40)/t14-,15-,16-,17-,26+/m1/s1. The number of halogens is 5. The average molecular weight is 617 g/mol. The van der Waals surface area contributed by atoms with E-state index in [4.69, 9.17) is 27.9 Å². The molecule has 2 aliphatic heterocycles. The van der Waals surface area contributed by atoms with Crippen molar-refractivity contribution in [3.63, 3.8) is 0 Å². The van der Waals surface area contributed by atoms with Crippen molar-refractivity contribution in [3.05, 3.63) is 45.5 Å². The third-order valence-electron chi connectivity index (χ3n) is 8.59. The third-order valence-corrected chi connectivity index (χ3v) is 9.17. The number of amides is 1. The Bertz CT molecular complexity index is 1340. The van der Waals surface area contributed by atoms with Gasteiger partial charge in [-0.2, -0.15) is 18.3 Å². The van der Waals surface area contributed by atoms with Gasteiger partial charge >= 0.3 is 12.1 Å². The molecule has 5 rings (SSSR count). The number of carbonyl (C=O) groups excluding carboxylic acids is 2. The van der Waals surface area contributed by atoms with Gasteiger partial charge in [-0.25, -0.2) is 0 Å². The van der Waals surface area contributed by atoms with Crippen LogP contribution in [0, 0.1) is 11.8 Å². The minimum Gasteiger partial charge on any atom is -0.481 e. The second-order valence-electron chi connectivity index (χ2n) is 11.3.